The number of hydrogen-bond donors (Lipinski definition) is 4. The van der Waals surface area contributed by atoms with Crippen LogP contribution in [0.5, 0.6) is 0 Å². The van der Waals surface area contributed by atoms with E-state index in [1.807, 2.05) is 12.1 Å². The second kappa shape index (κ2) is 5.99. The fourth-order valence-corrected chi connectivity index (χ4v) is 3.39. The first-order valence-electron chi connectivity index (χ1n) is 8.14. The van der Waals surface area contributed by atoms with Gasteiger partial charge in [-0.25, -0.2) is 9.97 Å². The molecule has 3 aromatic rings. The zero-order valence-corrected chi connectivity index (χ0v) is 14.0. The normalized spacial score (nSPS) is 28.7. The molecule has 3 unspecified atom stereocenters. The molecule has 9 nitrogen and oxygen atoms in total. The van der Waals surface area contributed by atoms with Crippen LogP contribution in [-0.2, 0) is 4.74 Å². The fraction of sp³-hybridized carbons (Fsp3) is 0.353. The molecule has 0 bridgehead atoms. The molecule has 4 heterocycles. The highest BCUT2D eigenvalue weighted by molar-refractivity contribution is 5.99. The van der Waals surface area contributed by atoms with Crippen LogP contribution in [-0.4, -0.2) is 59.3 Å². The number of rotatable bonds is 3. The minimum absolute atomic E-state index is 0.270. The standard InChI is InChI=1S/C17H19N5O4/c1-17(25)13(24)11(7-23)26-16(17)22-6-9(10-4-2-3-5-19-10)12-14(18)20-8-21-15(12)22/h2-6,8,11,13,16,23-25H,7H2,1H3,(H2,18,20,21)/t11?,13-,16?,17?/m1/s1. The molecule has 0 spiro atoms. The third-order valence-corrected chi connectivity index (χ3v) is 4.77. The van der Waals surface area contributed by atoms with Gasteiger partial charge >= 0.3 is 0 Å². The van der Waals surface area contributed by atoms with Gasteiger partial charge in [0.2, 0.25) is 0 Å². The van der Waals surface area contributed by atoms with Gasteiger partial charge in [0, 0.05) is 18.0 Å². The minimum atomic E-state index is -1.64. The monoisotopic (exact) mass is 357 g/mol. The topological polar surface area (TPSA) is 140 Å². The average Bonchev–Trinajstić information content (AvgIpc) is 3.13. The first-order chi connectivity index (χ1) is 12.4. The number of ether oxygens (including phenoxy) is 1. The maximum absolute atomic E-state index is 10.8. The van der Waals surface area contributed by atoms with Gasteiger partial charge in [0.15, 0.2) is 6.23 Å². The number of nitrogen functional groups attached to an aromatic ring is 1. The lowest BCUT2D eigenvalue weighted by Crippen LogP contribution is -2.44. The van der Waals surface area contributed by atoms with Crippen molar-refractivity contribution < 1.29 is 20.1 Å². The van der Waals surface area contributed by atoms with Crippen LogP contribution in [0.1, 0.15) is 13.2 Å². The van der Waals surface area contributed by atoms with Crippen molar-refractivity contribution in [1.82, 2.24) is 19.5 Å². The van der Waals surface area contributed by atoms with Gasteiger partial charge < -0.3 is 30.4 Å². The molecule has 0 aromatic carbocycles. The highest BCUT2D eigenvalue weighted by atomic mass is 16.6. The number of nitrogens with two attached hydrogens (primary N) is 1. The highest BCUT2D eigenvalue weighted by Crippen LogP contribution is 2.42. The summed E-state index contributed by atoms with van der Waals surface area (Å²) in [5.74, 6) is 0.270. The molecule has 1 aliphatic heterocycles. The van der Waals surface area contributed by atoms with Crippen LogP contribution in [0.15, 0.2) is 36.9 Å². The van der Waals surface area contributed by atoms with Gasteiger partial charge in [-0.05, 0) is 19.1 Å². The lowest BCUT2D eigenvalue weighted by molar-refractivity contribution is -0.0948. The van der Waals surface area contributed by atoms with E-state index in [1.54, 1.807) is 23.0 Å². The number of aliphatic hydroxyl groups is 3. The van der Waals surface area contributed by atoms with E-state index in [2.05, 4.69) is 15.0 Å². The molecule has 1 fully saturated rings. The van der Waals surface area contributed by atoms with E-state index >= 15 is 0 Å². The summed E-state index contributed by atoms with van der Waals surface area (Å²) in [5, 5.41) is 31.1. The third-order valence-electron chi connectivity index (χ3n) is 4.77. The van der Waals surface area contributed by atoms with Gasteiger partial charge in [0.1, 0.15) is 35.6 Å². The summed E-state index contributed by atoms with van der Waals surface area (Å²) in [6, 6.07) is 5.47. The van der Waals surface area contributed by atoms with Crippen molar-refractivity contribution >= 4 is 16.9 Å². The van der Waals surface area contributed by atoms with Crippen molar-refractivity contribution in [3.63, 3.8) is 0 Å². The summed E-state index contributed by atoms with van der Waals surface area (Å²) in [4.78, 5) is 12.7. The van der Waals surface area contributed by atoms with Crippen LogP contribution in [0.4, 0.5) is 5.82 Å². The quantitative estimate of drug-likeness (QED) is 0.517. The summed E-state index contributed by atoms with van der Waals surface area (Å²) >= 11 is 0. The number of aromatic nitrogens is 4. The van der Waals surface area contributed by atoms with Gasteiger partial charge in [-0.3, -0.25) is 4.98 Å². The van der Waals surface area contributed by atoms with Crippen LogP contribution >= 0.6 is 0 Å². The van der Waals surface area contributed by atoms with E-state index in [9.17, 15) is 15.3 Å². The first-order valence-corrected chi connectivity index (χ1v) is 8.14. The smallest absolute Gasteiger partial charge is 0.167 e. The maximum atomic E-state index is 10.8. The third kappa shape index (κ3) is 2.36. The van der Waals surface area contributed by atoms with Crippen molar-refractivity contribution in [2.45, 2.75) is 31.0 Å². The van der Waals surface area contributed by atoms with Gasteiger partial charge in [0.25, 0.3) is 0 Å². The molecule has 1 aliphatic rings. The van der Waals surface area contributed by atoms with Crippen molar-refractivity contribution in [1.29, 1.82) is 0 Å². The van der Waals surface area contributed by atoms with Gasteiger partial charge in [0.05, 0.1) is 17.7 Å². The number of anilines is 1. The Morgan fingerprint density at radius 3 is 2.77 bits per heavy atom. The molecule has 0 radical (unpaired) electrons. The number of aliphatic hydroxyl groups excluding tert-OH is 2. The van der Waals surface area contributed by atoms with Gasteiger partial charge in [-0.1, -0.05) is 6.07 Å². The lowest BCUT2D eigenvalue weighted by atomic mass is 9.96. The summed E-state index contributed by atoms with van der Waals surface area (Å²) < 4.78 is 7.31. The molecular formula is C17H19N5O4. The molecule has 1 saturated heterocycles. The summed E-state index contributed by atoms with van der Waals surface area (Å²) in [6.07, 6.45) is 1.55. The van der Waals surface area contributed by atoms with Crippen molar-refractivity contribution in [2.24, 2.45) is 0 Å². The number of fused-ring (bicyclic) bond motifs is 1. The van der Waals surface area contributed by atoms with Gasteiger partial charge in [-0.15, -0.1) is 0 Å². The average molecular weight is 357 g/mol. The number of pyridine rings is 1. The summed E-state index contributed by atoms with van der Waals surface area (Å²) in [6.45, 7) is 1.03. The van der Waals surface area contributed by atoms with Crippen LogP contribution in [0.3, 0.4) is 0 Å². The Bertz CT molecular complexity index is 943. The van der Waals surface area contributed by atoms with Crippen LogP contribution < -0.4 is 5.73 Å². The molecule has 0 aliphatic carbocycles. The molecule has 4 atom stereocenters. The Hall–Kier alpha value is -2.59. The molecule has 9 heteroatoms. The van der Waals surface area contributed by atoms with E-state index in [0.717, 1.165) is 0 Å². The van der Waals surface area contributed by atoms with Crippen molar-refractivity contribution in [3.05, 3.63) is 36.9 Å². The molecule has 3 aromatic heterocycles. The molecule has 4 rings (SSSR count). The van der Waals surface area contributed by atoms with E-state index in [0.29, 0.717) is 22.3 Å². The predicted molar refractivity (Wildman–Crippen MR) is 92.8 cm³/mol. The van der Waals surface area contributed by atoms with E-state index < -0.39 is 30.6 Å². The Kier molecular flexibility index (Phi) is 3.88. The zero-order chi connectivity index (χ0) is 18.5. The van der Waals surface area contributed by atoms with E-state index in [4.69, 9.17) is 10.5 Å². The Morgan fingerprint density at radius 1 is 1.31 bits per heavy atom. The Morgan fingerprint density at radius 2 is 2.12 bits per heavy atom. The second-order valence-corrected chi connectivity index (χ2v) is 6.50. The highest BCUT2D eigenvalue weighted by Gasteiger charge is 2.53. The van der Waals surface area contributed by atoms with Gasteiger partial charge in [-0.2, -0.15) is 0 Å². The molecule has 0 saturated carbocycles. The lowest BCUT2D eigenvalue weighted by Gasteiger charge is -2.27. The first kappa shape index (κ1) is 16.9. The predicted octanol–water partition coefficient (Wildman–Crippen LogP) is 0.0771. The zero-order valence-electron chi connectivity index (χ0n) is 14.0. The molecule has 5 N–H and O–H groups in total. The molecule has 26 heavy (non-hydrogen) atoms. The van der Waals surface area contributed by atoms with Crippen LogP contribution in [0.2, 0.25) is 0 Å². The number of nitrogens with zero attached hydrogens (tertiary/aromatic N) is 4. The molecular weight excluding hydrogens is 338 g/mol. The Labute approximate surface area is 148 Å². The largest absolute Gasteiger partial charge is 0.394 e. The summed E-state index contributed by atoms with van der Waals surface area (Å²) in [7, 11) is 0. The minimum Gasteiger partial charge on any atom is -0.394 e. The number of hydrogen-bond acceptors (Lipinski definition) is 8. The van der Waals surface area contributed by atoms with Crippen LogP contribution in [0.25, 0.3) is 22.3 Å². The SMILES string of the molecule is CC1(O)C(n2cc(-c3ccccn3)c3c(N)ncnc32)OC(CO)[C@H]1O. The second-order valence-electron chi connectivity index (χ2n) is 6.50. The fourth-order valence-electron chi connectivity index (χ4n) is 3.39. The molecule has 136 valence electrons. The van der Waals surface area contributed by atoms with Crippen molar-refractivity contribution in [2.75, 3.05) is 12.3 Å². The molecule has 0 amide bonds. The Balaban J connectivity index is 1.94. The van der Waals surface area contributed by atoms with E-state index in [-0.39, 0.29) is 5.82 Å². The maximum Gasteiger partial charge on any atom is 0.167 e. The summed E-state index contributed by atoms with van der Waals surface area (Å²) in [5.41, 5.74) is 6.21. The van der Waals surface area contributed by atoms with Crippen LogP contribution in [0, 0.1) is 0 Å². The van der Waals surface area contributed by atoms with Crippen molar-refractivity contribution in [3.8, 4) is 11.3 Å². The van der Waals surface area contributed by atoms with E-state index in [1.165, 1.54) is 13.3 Å².